The lowest BCUT2D eigenvalue weighted by Gasteiger charge is -2.20. The third-order valence-corrected chi connectivity index (χ3v) is 4.29. The molecule has 0 fully saturated rings. The molecule has 0 aliphatic carbocycles. The quantitative estimate of drug-likeness (QED) is 0.678. The van der Waals surface area contributed by atoms with Crippen LogP contribution in [0.1, 0.15) is 33.5 Å². The van der Waals surface area contributed by atoms with Crippen LogP contribution in [0.3, 0.4) is 0 Å². The zero-order valence-corrected chi connectivity index (χ0v) is 15.7. The highest BCUT2D eigenvalue weighted by Crippen LogP contribution is 2.19. The molecule has 7 heteroatoms. The lowest BCUT2D eigenvalue weighted by molar-refractivity contribution is 0.0746. The van der Waals surface area contributed by atoms with E-state index in [4.69, 9.17) is 0 Å². The maximum absolute atomic E-state index is 13.8. The zero-order chi connectivity index (χ0) is 20.8. The van der Waals surface area contributed by atoms with Gasteiger partial charge in [0.25, 0.3) is 11.8 Å². The molecule has 0 aliphatic rings. The predicted molar refractivity (Wildman–Crippen MR) is 105 cm³/mol. The number of benzene rings is 2. The van der Waals surface area contributed by atoms with Crippen LogP contribution in [0.4, 0.5) is 14.5 Å². The van der Waals surface area contributed by atoms with Crippen LogP contribution in [0.25, 0.3) is 0 Å². The van der Waals surface area contributed by atoms with Crippen LogP contribution in [0, 0.1) is 11.6 Å². The second-order valence-electron chi connectivity index (χ2n) is 6.26. The van der Waals surface area contributed by atoms with E-state index in [2.05, 4.69) is 10.3 Å². The molecule has 0 bridgehead atoms. The van der Waals surface area contributed by atoms with E-state index in [0.29, 0.717) is 13.1 Å². The van der Waals surface area contributed by atoms with Crippen LogP contribution in [-0.4, -0.2) is 28.2 Å². The summed E-state index contributed by atoms with van der Waals surface area (Å²) in [4.78, 5) is 30.9. The number of hydrogen-bond donors (Lipinski definition) is 1. The topological polar surface area (TPSA) is 62.3 Å². The number of pyridine rings is 1. The van der Waals surface area contributed by atoms with Crippen molar-refractivity contribution in [2.75, 3.05) is 11.9 Å². The van der Waals surface area contributed by atoms with Gasteiger partial charge in [-0.05, 0) is 36.8 Å². The molecule has 0 saturated carbocycles. The molecule has 2 aromatic carbocycles. The average molecular weight is 395 g/mol. The molecule has 0 atom stereocenters. The number of halogens is 2. The molecule has 1 aromatic heterocycles. The average Bonchev–Trinajstić information content (AvgIpc) is 2.75. The molecule has 0 saturated heterocycles. The smallest absolute Gasteiger partial charge is 0.274 e. The van der Waals surface area contributed by atoms with Gasteiger partial charge in [-0.15, -0.1) is 0 Å². The van der Waals surface area contributed by atoms with Gasteiger partial charge in [0, 0.05) is 13.1 Å². The van der Waals surface area contributed by atoms with E-state index in [1.165, 1.54) is 24.3 Å². The number of aromatic nitrogens is 1. The van der Waals surface area contributed by atoms with Gasteiger partial charge in [0.2, 0.25) is 0 Å². The zero-order valence-electron chi connectivity index (χ0n) is 15.7. The highest BCUT2D eigenvalue weighted by molar-refractivity contribution is 6.04. The molecule has 2 amide bonds. The summed E-state index contributed by atoms with van der Waals surface area (Å²) in [6, 6.07) is 17.1. The van der Waals surface area contributed by atoms with E-state index < -0.39 is 23.2 Å². The van der Waals surface area contributed by atoms with E-state index in [1.807, 2.05) is 37.3 Å². The van der Waals surface area contributed by atoms with Gasteiger partial charge in [-0.25, -0.2) is 13.8 Å². The van der Waals surface area contributed by atoms with Gasteiger partial charge >= 0.3 is 0 Å². The summed E-state index contributed by atoms with van der Waals surface area (Å²) in [5, 5.41) is 2.17. The van der Waals surface area contributed by atoms with Gasteiger partial charge < -0.3 is 10.2 Å². The Balaban J connectivity index is 1.79. The first-order valence-corrected chi connectivity index (χ1v) is 9.05. The Kier molecular flexibility index (Phi) is 6.29. The Morgan fingerprint density at radius 2 is 1.52 bits per heavy atom. The Labute approximate surface area is 167 Å². The van der Waals surface area contributed by atoms with Crippen molar-refractivity contribution in [1.82, 2.24) is 9.88 Å². The largest absolute Gasteiger partial charge is 0.333 e. The van der Waals surface area contributed by atoms with Crippen molar-refractivity contribution in [2.45, 2.75) is 13.5 Å². The Bertz CT molecular complexity index is 1010. The number of para-hydroxylation sites is 1. The number of rotatable bonds is 6. The molecule has 1 heterocycles. The summed E-state index contributed by atoms with van der Waals surface area (Å²) in [6.45, 7) is 2.69. The van der Waals surface area contributed by atoms with Crippen LogP contribution in [-0.2, 0) is 6.54 Å². The summed E-state index contributed by atoms with van der Waals surface area (Å²) in [7, 11) is 0. The number of carbonyl (C=O) groups is 2. The first-order chi connectivity index (χ1) is 14.0. The second kappa shape index (κ2) is 9.05. The maximum Gasteiger partial charge on any atom is 0.274 e. The van der Waals surface area contributed by atoms with Crippen molar-refractivity contribution < 1.29 is 18.4 Å². The lowest BCUT2D eigenvalue weighted by Crippen LogP contribution is -2.31. The Hall–Kier alpha value is -3.61. The van der Waals surface area contributed by atoms with Crippen molar-refractivity contribution in [1.29, 1.82) is 0 Å². The number of carbonyl (C=O) groups excluding carboxylic acids is 2. The Morgan fingerprint density at radius 1 is 0.897 bits per heavy atom. The fourth-order valence-corrected chi connectivity index (χ4v) is 2.77. The van der Waals surface area contributed by atoms with Gasteiger partial charge in [0.05, 0.1) is 0 Å². The molecule has 0 unspecified atom stereocenters. The second-order valence-corrected chi connectivity index (χ2v) is 6.26. The molecule has 148 valence electrons. The highest BCUT2D eigenvalue weighted by atomic mass is 19.1. The number of anilines is 1. The fraction of sp³-hybridized carbons (Fsp3) is 0.136. The number of hydrogen-bond acceptors (Lipinski definition) is 3. The van der Waals surface area contributed by atoms with Gasteiger partial charge in [0.1, 0.15) is 28.7 Å². The standard InChI is InChI=1S/C22H19F2N3O2/c1-2-27(14-15-8-4-3-5-9-15)22(29)19-13-7-12-18(25-19)21(28)26-20-16(23)10-6-11-17(20)24/h3-13H,2,14H2,1H3,(H,26,28). The number of amides is 2. The molecule has 1 N–H and O–H groups in total. The normalized spacial score (nSPS) is 10.4. The van der Waals surface area contributed by atoms with Crippen molar-refractivity contribution >= 4 is 17.5 Å². The van der Waals surface area contributed by atoms with Crippen LogP contribution in [0.2, 0.25) is 0 Å². The summed E-state index contributed by atoms with van der Waals surface area (Å²) in [5.74, 6) is -2.95. The Morgan fingerprint density at radius 3 is 2.17 bits per heavy atom. The van der Waals surface area contributed by atoms with Crippen LogP contribution < -0.4 is 5.32 Å². The van der Waals surface area contributed by atoms with Crippen molar-refractivity contribution in [3.05, 3.63) is 95.3 Å². The number of nitrogens with one attached hydrogen (secondary N) is 1. The minimum absolute atomic E-state index is 0.0736. The molecule has 29 heavy (non-hydrogen) atoms. The van der Waals surface area contributed by atoms with E-state index in [9.17, 15) is 18.4 Å². The molecular formula is C22H19F2N3O2. The molecule has 5 nitrogen and oxygen atoms in total. The highest BCUT2D eigenvalue weighted by Gasteiger charge is 2.19. The van der Waals surface area contributed by atoms with Gasteiger partial charge in [-0.2, -0.15) is 0 Å². The SMILES string of the molecule is CCN(Cc1ccccc1)C(=O)c1cccc(C(=O)Nc2c(F)cccc2F)n1. The van der Waals surface area contributed by atoms with Crippen molar-refractivity contribution in [3.63, 3.8) is 0 Å². The molecule has 0 aliphatic heterocycles. The molecule has 3 rings (SSSR count). The monoisotopic (exact) mass is 395 g/mol. The summed E-state index contributed by atoms with van der Waals surface area (Å²) in [5.41, 5.74) is 0.362. The summed E-state index contributed by atoms with van der Waals surface area (Å²) < 4.78 is 27.5. The third kappa shape index (κ3) is 4.82. The van der Waals surface area contributed by atoms with Crippen LogP contribution in [0.15, 0.2) is 66.7 Å². The van der Waals surface area contributed by atoms with E-state index >= 15 is 0 Å². The molecular weight excluding hydrogens is 376 g/mol. The summed E-state index contributed by atoms with van der Waals surface area (Å²) >= 11 is 0. The minimum atomic E-state index is -0.898. The van der Waals surface area contributed by atoms with Gasteiger partial charge in [-0.1, -0.05) is 42.5 Å². The van der Waals surface area contributed by atoms with Gasteiger partial charge in [-0.3, -0.25) is 9.59 Å². The van der Waals surface area contributed by atoms with E-state index in [1.54, 1.807) is 4.90 Å². The molecule has 3 aromatic rings. The number of nitrogens with zero attached hydrogens (tertiary/aromatic N) is 2. The first-order valence-electron chi connectivity index (χ1n) is 9.05. The first kappa shape index (κ1) is 20.1. The maximum atomic E-state index is 13.8. The molecule has 0 spiro atoms. The summed E-state index contributed by atoms with van der Waals surface area (Å²) in [6.07, 6.45) is 0. The predicted octanol–water partition coefficient (Wildman–Crippen LogP) is 4.27. The van der Waals surface area contributed by atoms with Crippen LogP contribution >= 0.6 is 0 Å². The van der Waals surface area contributed by atoms with Gasteiger partial charge in [0.15, 0.2) is 0 Å². The van der Waals surface area contributed by atoms with E-state index in [0.717, 1.165) is 17.7 Å². The molecule has 0 radical (unpaired) electrons. The fourth-order valence-electron chi connectivity index (χ4n) is 2.77. The van der Waals surface area contributed by atoms with Crippen molar-refractivity contribution in [3.8, 4) is 0 Å². The third-order valence-electron chi connectivity index (χ3n) is 4.29. The van der Waals surface area contributed by atoms with E-state index in [-0.39, 0.29) is 17.3 Å². The lowest BCUT2D eigenvalue weighted by atomic mass is 10.2. The van der Waals surface area contributed by atoms with Crippen molar-refractivity contribution in [2.24, 2.45) is 0 Å². The van der Waals surface area contributed by atoms with Crippen LogP contribution in [0.5, 0.6) is 0 Å². The minimum Gasteiger partial charge on any atom is -0.333 e.